The molecule has 2 heteroatoms. The van der Waals surface area contributed by atoms with Gasteiger partial charge in [-0.2, -0.15) is 0 Å². The summed E-state index contributed by atoms with van der Waals surface area (Å²) in [5.74, 6) is 0. The van der Waals surface area contributed by atoms with Crippen molar-refractivity contribution in [1.29, 1.82) is 0 Å². The van der Waals surface area contributed by atoms with Gasteiger partial charge in [-0.15, -0.1) is 11.3 Å². The summed E-state index contributed by atoms with van der Waals surface area (Å²) in [5, 5.41) is 2.18. The third kappa shape index (κ3) is 2.37. The average molecular weight is 209 g/mol. The number of hydrogen-bond donors (Lipinski definition) is 0. The minimum Gasteiger partial charge on any atom is -0.296 e. The van der Waals surface area contributed by atoms with Crippen LogP contribution in [0.25, 0.3) is 0 Å². The van der Waals surface area contributed by atoms with Crippen molar-refractivity contribution in [2.75, 3.05) is 13.1 Å². The van der Waals surface area contributed by atoms with Gasteiger partial charge in [-0.05, 0) is 44.3 Å². The van der Waals surface area contributed by atoms with Crippen LogP contribution in [-0.2, 0) is 0 Å². The van der Waals surface area contributed by atoms with Crippen molar-refractivity contribution >= 4 is 11.3 Å². The fraction of sp³-hybridized carbons (Fsp3) is 0.667. The maximum atomic E-state index is 2.64. The molecule has 1 atom stereocenters. The van der Waals surface area contributed by atoms with Gasteiger partial charge in [0.15, 0.2) is 0 Å². The van der Waals surface area contributed by atoms with Gasteiger partial charge in [0, 0.05) is 10.9 Å². The van der Waals surface area contributed by atoms with E-state index in [-0.39, 0.29) is 0 Å². The van der Waals surface area contributed by atoms with Crippen molar-refractivity contribution in [2.45, 2.75) is 38.6 Å². The van der Waals surface area contributed by atoms with Crippen LogP contribution in [0.4, 0.5) is 0 Å². The number of likely N-dealkylation sites (tertiary alicyclic amines) is 1. The normalized spacial score (nSPS) is 21.8. The number of nitrogens with zero attached hydrogens (tertiary/aromatic N) is 1. The lowest BCUT2D eigenvalue weighted by Gasteiger charge is -2.26. The first-order valence-corrected chi connectivity index (χ1v) is 6.53. The van der Waals surface area contributed by atoms with Crippen LogP contribution < -0.4 is 0 Å². The number of rotatable bonds is 2. The zero-order valence-corrected chi connectivity index (χ0v) is 9.72. The predicted octanol–water partition coefficient (Wildman–Crippen LogP) is 3.69. The molecule has 0 bridgehead atoms. The molecule has 2 heterocycles. The molecule has 1 aliphatic heterocycles. The van der Waals surface area contributed by atoms with E-state index in [2.05, 4.69) is 29.3 Å². The monoisotopic (exact) mass is 209 g/mol. The Kier molecular flexibility index (Phi) is 3.60. The smallest absolute Gasteiger partial charge is 0.0413 e. The molecular weight excluding hydrogens is 190 g/mol. The third-order valence-electron chi connectivity index (χ3n) is 3.14. The topological polar surface area (TPSA) is 3.24 Å². The average Bonchev–Trinajstić information content (AvgIpc) is 2.59. The summed E-state index contributed by atoms with van der Waals surface area (Å²) in [4.78, 5) is 4.16. The van der Waals surface area contributed by atoms with E-state index in [0.717, 1.165) is 0 Å². The minimum atomic E-state index is 0.632. The predicted molar refractivity (Wildman–Crippen MR) is 62.8 cm³/mol. The van der Waals surface area contributed by atoms with Crippen molar-refractivity contribution < 1.29 is 0 Å². The van der Waals surface area contributed by atoms with Gasteiger partial charge in [0.25, 0.3) is 0 Å². The van der Waals surface area contributed by atoms with E-state index in [1.54, 1.807) is 0 Å². The Balaban J connectivity index is 1.99. The van der Waals surface area contributed by atoms with Gasteiger partial charge in [0.05, 0.1) is 0 Å². The molecule has 0 saturated carbocycles. The summed E-state index contributed by atoms with van der Waals surface area (Å²) >= 11 is 1.89. The molecule has 0 aliphatic carbocycles. The Hall–Kier alpha value is -0.340. The molecule has 0 amide bonds. The minimum absolute atomic E-state index is 0.632. The molecule has 1 unspecified atom stereocenters. The van der Waals surface area contributed by atoms with Gasteiger partial charge in [0.2, 0.25) is 0 Å². The second-order valence-corrected chi connectivity index (χ2v) is 5.12. The lowest BCUT2D eigenvalue weighted by Crippen LogP contribution is -2.27. The van der Waals surface area contributed by atoms with E-state index in [1.807, 2.05) is 11.3 Å². The van der Waals surface area contributed by atoms with Gasteiger partial charge >= 0.3 is 0 Å². The summed E-state index contributed by atoms with van der Waals surface area (Å²) in [7, 11) is 0. The highest BCUT2D eigenvalue weighted by atomic mass is 32.1. The van der Waals surface area contributed by atoms with Crippen molar-refractivity contribution in [3.8, 4) is 0 Å². The van der Waals surface area contributed by atoms with Crippen molar-refractivity contribution in [2.24, 2.45) is 0 Å². The van der Waals surface area contributed by atoms with E-state index in [4.69, 9.17) is 0 Å². The van der Waals surface area contributed by atoms with Crippen molar-refractivity contribution in [1.82, 2.24) is 4.90 Å². The molecule has 78 valence electrons. The second-order valence-electron chi connectivity index (χ2n) is 4.14. The first kappa shape index (κ1) is 10.2. The third-order valence-corrected chi connectivity index (χ3v) is 4.19. The summed E-state index contributed by atoms with van der Waals surface area (Å²) in [6.07, 6.45) is 5.62. The van der Waals surface area contributed by atoms with Crippen LogP contribution in [-0.4, -0.2) is 18.0 Å². The standard InChI is InChI=1S/C12H19NS/c1-11(12-7-6-10-14-12)13-8-4-2-3-5-9-13/h6-7,10-11H,2-5,8-9H2,1H3. The van der Waals surface area contributed by atoms with E-state index >= 15 is 0 Å². The van der Waals surface area contributed by atoms with E-state index in [9.17, 15) is 0 Å². The van der Waals surface area contributed by atoms with E-state index in [0.29, 0.717) is 6.04 Å². The van der Waals surface area contributed by atoms with Crippen LogP contribution in [0.15, 0.2) is 17.5 Å². The van der Waals surface area contributed by atoms with E-state index in [1.165, 1.54) is 43.6 Å². The van der Waals surface area contributed by atoms with Gasteiger partial charge in [-0.25, -0.2) is 0 Å². The zero-order chi connectivity index (χ0) is 9.80. The van der Waals surface area contributed by atoms with Crippen LogP contribution in [0.3, 0.4) is 0 Å². The molecule has 1 saturated heterocycles. The molecule has 1 nitrogen and oxygen atoms in total. The molecule has 1 aromatic heterocycles. The van der Waals surface area contributed by atoms with Crippen LogP contribution >= 0.6 is 11.3 Å². The molecule has 0 spiro atoms. The fourth-order valence-electron chi connectivity index (χ4n) is 2.19. The summed E-state index contributed by atoms with van der Waals surface area (Å²) in [6, 6.07) is 5.06. The zero-order valence-electron chi connectivity index (χ0n) is 8.91. The molecule has 1 fully saturated rings. The van der Waals surface area contributed by atoms with Gasteiger partial charge in [0.1, 0.15) is 0 Å². The van der Waals surface area contributed by atoms with Gasteiger partial charge in [-0.3, -0.25) is 4.90 Å². The molecule has 14 heavy (non-hydrogen) atoms. The maximum Gasteiger partial charge on any atom is 0.0413 e. The molecule has 0 radical (unpaired) electrons. The maximum absolute atomic E-state index is 2.64. The highest BCUT2D eigenvalue weighted by molar-refractivity contribution is 7.10. The summed E-state index contributed by atoms with van der Waals surface area (Å²) < 4.78 is 0. The van der Waals surface area contributed by atoms with Crippen LogP contribution in [0.1, 0.15) is 43.5 Å². The van der Waals surface area contributed by atoms with Crippen LogP contribution in [0.5, 0.6) is 0 Å². The first-order valence-electron chi connectivity index (χ1n) is 5.65. The largest absolute Gasteiger partial charge is 0.296 e. The Morgan fingerprint density at radius 1 is 1.21 bits per heavy atom. The quantitative estimate of drug-likeness (QED) is 0.718. The lowest BCUT2D eigenvalue weighted by atomic mass is 10.2. The highest BCUT2D eigenvalue weighted by Gasteiger charge is 2.17. The van der Waals surface area contributed by atoms with Crippen LogP contribution in [0.2, 0.25) is 0 Å². The lowest BCUT2D eigenvalue weighted by molar-refractivity contribution is 0.222. The number of thiophene rings is 1. The SMILES string of the molecule is CC(c1cccs1)N1CCCCCC1. The Labute approximate surface area is 90.7 Å². The second kappa shape index (κ2) is 4.94. The number of hydrogen-bond acceptors (Lipinski definition) is 2. The molecular formula is C12H19NS. The fourth-order valence-corrected chi connectivity index (χ4v) is 3.01. The molecule has 2 rings (SSSR count). The molecule has 0 N–H and O–H groups in total. The molecule has 1 aromatic rings. The summed E-state index contributed by atoms with van der Waals surface area (Å²) in [5.41, 5.74) is 0. The Morgan fingerprint density at radius 2 is 1.93 bits per heavy atom. The Bertz CT molecular complexity index is 247. The van der Waals surface area contributed by atoms with Crippen molar-refractivity contribution in [3.63, 3.8) is 0 Å². The highest BCUT2D eigenvalue weighted by Crippen LogP contribution is 2.26. The Morgan fingerprint density at radius 3 is 2.50 bits per heavy atom. The van der Waals surface area contributed by atoms with Crippen LogP contribution in [0, 0.1) is 0 Å². The molecule has 1 aliphatic rings. The molecule has 0 aromatic carbocycles. The van der Waals surface area contributed by atoms with Gasteiger partial charge < -0.3 is 0 Å². The van der Waals surface area contributed by atoms with Gasteiger partial charge in [-0.1, -0.05) is 18.9 Å². The van der Waals surface area contributed by atoms with E-state index < -0.39 is 0 Å². The summed E-state index contributed by atoms with van der Waals surface area (Å²) in [6.45, 7) is 4.93. The van der Waals surface area contributed by atoms with Crippen molar-refractivity contribution in [3.05, 3.63) is 22.4 Å². The first-order chi connectivity index (χ1) is 6.88.